The highest BCUT2D eigenvalue weighted by molar-refractivity contribution is 5.94. The van der Waals surface area contributed by atoms with E-state index in [1.807, 2.05) is 54.9 Å². The molecule has 0 atom stereocenters. The third-order valence-corrected chi connectivity index (χ3v) is 3.70. The quantitative estimate of drug-likeness (QED) is 0.576. The summed E-state index contributed by atoms with van der Waals surface area (Å²) in [7, 11) is 0. The van der Waals surface area contributed by atoms with Crippen molar-refractivity contribution in [2.75, 3.05) is 0 Å². The van der Waals surface area contributed by atoms with Gasteiger partial charge in [-0.3, -0.25) is 14.5 Å². The van der Waals surface area contributed by atoms with Crippen molar-refractivity contribution < 1.29 is 4.79 Å². The second-order valence-electron chi connectivity index (χ2n) is 5.74. The van der Waals surface area contributed by atoms with Gasteiger partial charge < -0.3 is 0 Å². The Bertz CT molecular complexity index is 882. The summed E-state index contributed by atoms with van der Waals surface area (Å²) in [6.07, 6.45) is 3.18. The van der Waals surface area contributed by atoms with Crippen LogP contribution in [-0.4, -0.2) is 26.9 Å². The number of aromatic nitrogens is 3. The van der Waals surface area contributed by atoms with Gasteiger partial charge in [0.2, 0.25) is 0 Å². The predicted octanol–water partition coefficient (Wildman–Crippen LogP) is 2.71. The first-order valence-electron chi connectivity index (χ1n) is 7.96. The van der Waals surface area contributed by atoms with Crippen molar-refractivity contribution in [3.05, 3.63) is 82.9 Å². The van der Waals surface area contributed by atoms with Crippen molar-refractivity contribution in [1.29, 1.82) is 0 Å². The Morgan fingerprint density at radius 1 is 1.20 bits per heavy atom. The monoisotopic (exact) mass is 333 g/mol. The van der Waals surface area contributed by atoms with Gasteiger partial charge in [-0.05, 0) is 49.7 Å². The normalized spacial score (nSPS) is 11.0. The van der Waals surface area contributed by atoms with Gasteiger partial charge in [0, 0.05) is 17.5 Å². The molecule has 0 aliphatic rings. The zero-order valence-corrected chi connectivity index (χ0v) is 14.2. The van der Waals surface area contributed by atoms with Crippen LogP contribution in [0, 0.1) is 13.8 Å². The lowest BCUT2D eigenvalue weighted by Crippen LogP contribution is -2.17. The number of hydrogen-bond acceptors (Lipinski definition) is 4. The van der Waals surface area contributed by atoms with Crippen molar-refractivity contribution in [2.24, 2.45) is 5.10 Å². The molecule has 2 heterocycles. The SMILES string of the molecule is Cc1cc(C)n(Cc2ccc(C(=O)NN=Cc3ccccn3)cc2)n1. The number of benzene rings is 1. The second kappa shape index (κ2) is 7.53. The number of nitrogens with zero attached hydrogens (tertiary/aromatic N) is 4. The van der Waals surface area contributed by atoms with Crippen LogP contribution >= 0.6 is 0 Å². The number of hydrogen-bond donors (Lipinski definition) is 1. The molecule has 0 fully saturated rings. The highest BCUT2D eigenvalue weighted by Gasteiger charge is 2.06. The standard InChI is InChI=1S/C19H19N5O/c1-14-11-15(2)24(23-14)13-16-6-8-17(9-7-16)19(25)22-21-12-18-5-3-4-10-20-18/h3-12H,13H2,1-2H3,(H,22,25). The molecule has 0 unspecified atom stereocenters. The van der Waals surface area contributed by atoms with Gasteiger partial charge in [-0.25, -0.2) is 5.43 Å². The van der Waals surface area contributed by atoms with Gasteiger partial charge in [-0.1, -0.05) is 18.2 Å². The average molecular weight is 333 g/mol. The van der Waals surface area contributed by atoms with Crippen LogP contribution in [0.5, 0.6) is 0 Å². The van der Waals surface area contributed by atoms with E-state index >= 15 is 0 Å². The lowest BCUT2D eigenvalue weighted by molar-refractivity contribution is 0.0955. The second-order valence-corrected chi connectivity index (χ2v) is 5.74. The van der Waals surface area contributed by atoms with Gasteiger partial charge in [0.05, 0.1) is 24.1 Å². The average Bonchev–Trinajstić information content (AvgIpc) is 2.93. The van der Waals surface area contributed by atoms with Crippen LogP contribution < -0.4 is 5.43 Å². The molecule has 0 saturated heterocycles. The molecule has 0 aliphatic carbocycles. The minimum atomic E-state index is -0.259. The largest absolute Gasteiger partial charge is 0.271 e. The molecule has 0 radical (unpaired) electrons. The number of carbonyl (C=O) groups excluding carboxylic acids is 1. The molecule has 0 saturated carbocycles. The van der Waals surface area contributed by atoms with E-state index in [1.165, 1.54) is 6.21 Å². The van der Waals surface area contributed by atoms with E-state index in [2.05, 4.69) is 20.6 Å². The molecule has 6 nitrogen and oxygen atoms in total. The summed E-state index contributed by atoms with van der Waals surface area (Å²) in [5.41, 5.74) is 6.93. The molecule has 3 rings (SSSR count). The molecular formula is C19H19N5O. The fraction of sp³-hybridized carbons (Fsp3) is 0.158. The number of carbonyl (C=O) groups is 1. The molecule has 3 aromatic rings. The number of hydrazone groups is 1. The molecule has 0 aliphatic heterocycles. The fourth-order valence-corrected chi connectivity index (χ4v) is 2.44. The van der Waals surface area contributed by atoms with Gasteiger partial charge in [-0.2, -0.15) is 10.2 Å². The number of nitrogens with one attached hydrogen (secondary N) is 1. The smallest absolute Gasteiger partial charge is 0.267 e. The molecular weight excluding hydrogens is 314 g/mol. The molecule has 6 heteroatoms. The van der Waals surface area contributed by atoms with Crippen LogP contribution in [0.1, 0.15) is 33.0 Å². The van der Waals surface area contributed by atoms with Crippen LogP contribution in [0.15, 0.2) is 59.8 Å². The van der Waals surface area contributed by atoms with Crippen LogP contribution in [0.3, 0.4) is 0 Å². The highest BCUT2D eigenvalue weighted by atomic mass is 16.2. The molecule has 126 valence electrons. The Morgan fingerprint density at radius 2 is 2.00 bits per heavy atom. The van der Waals surface area contributed by atoms with Crippen molar-refractivity contribution >= 4 is 12.1 Å². The zero-order valence-electron chi connectivity index (χ0n) is 14.2. The van der Waals surface area contributed by atoms with Gasteiger partial charge in [0.1, 0.15) is 0 Å². The van der Waals surface area contributed by atoms with E-state index in [1.54, 1.807) is 18.3 Å². The first-order chi connectivity index (χ1) is 12.1. The van der Waals surface area contributed by atoms with E-state index in [0.29, 0.717) is 17.8 Å². The van der Waals surface area contributed by atoms with Crippen LogP contribution in [0.25, 0.3) is 0 Å². The summed E-state index contributed by atoms with van der Waals surface area (Å²) in [5.74, 6) is -0.259. The van der Waals surface area contributed by atoms with E-state index in [-0.39, 0.29) is 5.91 Å². The number of pyridine rings is 1. The van der Waals surface area contributed by atoms with E-state index in [0.717, 1.165) is 17.0 Å². The lowest BCUT2D eigenvalue weighted by Gasteiger charge is -2.06. The number of rotatable bonds is 5. The van der Waals surface area contributed by atoms with E-state index in [4.69, 9.17) is 0 Å². The molecule has 1 aromatic carbocycles. The highest BCUT2D eigenvalue weighted by Crippen LogP contribution is 2.09. The molecule has 2 aromatic heterocycles. The first-order valence-corrected chi connectivity index (χ1v) is 7.96. The van der Waals surface area contributed by atoms with E-state index in [9.17, 15) is 4.79 Å². The maximum Gasteiger partial charge on any atom is 0.271 e. The Hall–Kier alpha value is -3.28. The molecule has 0 spiro atoms. The topological polar surface area (TPSA) is 72.2 Å². The maximum atomic E-state index is 12.1. The van der Waals surface area contributed by atoms with Crippen molar-refractivity contribution in [1.82, 2.24) is 20.2 Å². The Morgan fingerprint density at radius 3 is 2.64 bits per heavy atom. The van der Waals surface area contributed by atoms with Crippen molar-refractivity contribution in [2.45, 2.75) is 20.4 Å². The summed E-state index contributed by atoms with van der Waals surface area (Å²) in [5, 5.41) is 8.37. The Balaban J connectivity index is 1.60. The molecule has 1 amide bonds. The third kappa shape index (κ3) is 4.38. The number of aryl methyl sites for hydroxylation is 2. The van der Waals surface area contributed by atoms with Crippen LogP contribution in [-0.2, 0) is 6.54 Å². The van der Waals surface area contributed by atoms with Gasteiger partial charge >= 0.3 is 0 Å². The third-order valence-electron chi connectivity index (χ3n) is 3.70. The molecule has 25 heavy (non-hydrogen) atoms. The fourth-order valence-electron chi connectivity index (χ4n) is 2.44. The van der Waals surface area contributed by atoms with Gasteiger partial charge in [0.25, 0.3) is 5.91 Å². The summed E-state index contributed by atoms with van der Waals surface area (Å²) < 4.78 is 1.95. The summed E-state index contributed by atoms with van der Waals surface area (Å²) in [4.78, 5) is 16.2. The van der Waals surface area contributed by atoms with Crippen LogP contribution in [0.4, 0.5) is 0 Å². The minimum absolute atomic E-state index is 0.259. The first kappa shape index (κ1) is 16.6. The van der Waals surface area contributed by atoms with Crippen molar-refractivity contribution in [3.8, 4) is 0 Å². The van der Waals surface area contributed by atoms with Crippen LogP contribution in [0.2, 0.25) is 0 Å². The summed E-state index contributed by atoms with van der Waals surface area (Å²) in [6, 6.07) is 15.0. The summed E-state index contributed by atoms with van der Waals surface area (Å²) >= 11 is 0. The molecule has 0 bridgehead atoms. The maximum absolute atomic E-state index is 12.1. The summed E-state index contributed by atoms with van der Waals surface area (Å²) in [6.45, 7) is 4.68. The Kier molecular flexibility index (Phi) is 4.99. The van der Waals surface area contributed by atoms with E-state index < -0.39 is 0 Å². The number of amides is 1. The Labute approximate surface area is 146 Å². The van der Waals surface area contributed by atoms with Gasteiger partial charge in [-0.15, -0.1) is 0 Å². The molecule has 1 N–H and O–H groups in total. The zero-order chi connectivity index (χ0) is 17.6. The van der Waals surface area contributed by atoms with Crippen molar-refractivity contribution in [3.63, 3.8) is 0 Å². The van der Waals surface area contributed by atoms with Gasteiger partial charge in [0.15, 0.2) is 0 Å². The predicted molar refractivity (Wildman–Crippen MR) is 96.5 cm³/mol. The lowest BCUT2D eigenvalue weighted by atomic mass is 10.1. The minimum Gasteiger partial charge on any atom is -0.267 e.